The third-order valence-corrected chi connectivity index (χ3v) is 5.07. The number of nitrogens with zero attached hydrogens (tertiary/aromatic N) is 1. The van der Waals surface area contributed by atoms with Crippen molar-refractivity contribution in [3.05, 3.63) is 102 Å². The third kappa shape index (κ3) is 5.47. The maximum atomic E-state index is 12.4. The van der Waals surface area contributed by atoms with Crippen molar-refractivity contribution in [2.24, 2.45) is 0 Å². The van der Waals surface area contributed by atoms with E-state index in [2.05, 4.69) is 27.8 Å². The molecule has 1 amide bonds. The van der Waals surface area contributed by atoms with Gasteiger partial charge in [-0.05, 0) is 53.6 Å². The van der Waals surface area contributed by atoms with Gasteiger partial charge in [-0.15, -0.1) is 0 Å². The number of hydrogen-bond acceptors (Lipinski definition) is 4. The Morgan fingerprint density at radius 2 is 1.68 bits per heavy atom. The average molecular weight is 412 g/mol. The molecule has 1 heterocycles. The number of carbonyl (C=O) groups excluding carboxylic acids is 1. The summed E-state index contributed by atoms with van der Waals surface area (Å²) in [6.45, 7) is 3.31. The number of aryl methyl sites for hydroxylation is 1. The minimum atomic E-state index is -0.187. The average Bonchev–Trinajstić information content (AvgIpc) is 2.80. The second-order valence-corrected chi connectivity index (χ2v) is 7.43. The number of ether oxygens (including phenoxy) is 1. The second kappa shape index (κ2) is 9.87. The number of pyridine rings is 1. The monoisotopic (exact) mass is 411 g/mol. The van der Waals surface area contributed by atoms with Crippen molar-refractivity contribution in [1.29, 1.82) is 0 Å². The Bertz CT molecular complexity index is 1160. The Balaban J connectivity index is 1.46. The number of benzene rings is 3. The summed E-state index contributed by atoms with van der Waals surface area (Å²) in [5.41, 5.74) is 4.11. The molecule has 0 radical (unpaired) electrons. The van der Waals surface area contributed by atoms with E-state index in [0.717, 1.165) is 39.7 Å². The van der Waals surface area contributed by atoms with Crippen molar-refractivity contribution in [3.8, 4) is 5.75 Å². The van der Waals surface area contributed by atoms with Gasteiger partial charge in [0.05, 0.1) is 0 Å². The lowest BCUT2D eigenvalue weighted by Gasteiger charge is -2.15. The van der Waals surface area contributed by atoms with E-state index in [0.29, 0.717) is 12.3 Å². The first-order chi connectivity index (χ1) is 15.2. The molecule has 156 valence electrons. The fourth-order valence-electron chi connectivity index (χ4n) is 3.44. The summed E-state index contributed by atoms with van der Waals surface area (Å²) in [6, 6.07) is 23.8. The Labute approximate surface area is 182 Å². The summed E-state index contributed by atoms with van der Waals surface area (Å²) in [6.07, 6.45) is 3.58. The zero-order valence-electron chi connectivity index (χ0n) is 17.5. The van der Waals surface area contributed by atoms with Gasteiger partial charge in [0.15, 0.2) is 6.61 Å². The maximum absolute atomic E-state index is 12.4. The van der Waals surface area contributed by atoms with E-state index in [-0.39, 0.29) is 12.5 Å². The zero-order chi connectivity index (χ0) is 21.5. The van der Waals surface area contributed by atoms with E-state index in [1.807, 2.05) is 67.6 Å². The van der Waals surface area contributed by atoms with Gasteiger partial charge >= 0.3 is 0 Å². The van der Waals surface area contributed by atoms with Crippen LogP contribution in [0, 0.1) is 6.92 Å². The van der Waals surface area contributed by atoms with Crippen LogP contribution in [-0.4, -0.2) is 17.5 Å². The smallest absolute Gasteiger partial charge is 0.262 e. The Morgan fingerprint density at radius 3 is 2.48 bits per heavy atom. The van der Waals surface area contributed by atoms with Crippen molar-refractivity contribution < 1.29 is 9.53 Å². The molecule has 0 saturated heterocycles. The van der Waals surface area contributed by atoms with Crippen LogP contribution in [0.2, 0.25) is 0 Å². The van der Waals surface area contributed by atoms with Gasteiger partial charge in [-0.1, -0.05) is 48.0 Å². The summed E-state index contributed by atoms with van der Waals surface area (Å²) in [7, 11) is 0. The van der Waals surface area contributed by atoms with Gasteiger partial charge in [-0.2, -0.15) is 0 Å². The van der Waals surface area contributed by atoms with Gasteiger partial charge in [0.2, 0.25) is 0 Å². The molecule has 0 atom stereocenters. The first-order valence-corrected chi connectivity index (χ1v) is 10.3. The molecule has 4 rings (SSSR count). The molecule has 5 nitrogen and oxygen atoms in total. The summed E-state index contributed by atoms with van der Waals surface area (Å²) < 4.78 is 5.94. The number of rotatable bonds is 8. The van der Waals surface area contributed by atoms with Crippen LogP contribution in [0.25, 0.3) is 10.8 Å². The zero-order valence-corrected chi connectivity index (χ0v) is 17.5. The minimum Gasteiger partial charge on any atom is -0.483 e. The summed E-state index contributed by atoms with van der Waals surface area (Å²) >= 11 is 0. The number of nitrogens with one attached hydrogen (secondary N) is 2. The van der Waals surface area contributed by atoms with E-state index in [1.54, 1.807) is 12.4 Å². The minimum absolute atomic E-state index is 0.0520. The highest BCUT2D eigenvalue weighted by Gasteiger charge is 2.11. The molecule has 0 spiro atoms. The summed E-state index contributed by atoms with van der Waals surface area (Å²) in [5, 5.41) is 8.60. The van der Waals surface area contributed by atoms with Crippen LogP contribution in [0.5, 0.6) is 5.75 Å². The van der Waals surface area contributed by atoms with Crippen molar-refractivity contribution in [2.75, 3.05) is 11.9 Å². The lowest BCUT2D eigenvalue weighted by molar-refractivity contribution is -0.118. The lowest BCUT2D eigenvalue weighted by atomic mass is 10.0. The number of amides is 1. The highest BCUT2D eigenvalue weighted by atomic mass is 16.5. The van der Waals surface area contributed by atoms with Gasteiger partial charge in [-0.25, -0.2) is 0 Å². The van der Waals surface area contributed by atoms with Crippen molar-refractivity contribution in [3.63, 3.8) is 0 Å². The standard InChI is InChI=1S/C26H25N3O2/c1-19-6-9-22(10-7-19)29-26(30)18-31-25-11-8-21-4-2-3-5-23(21)24(25)17-28-16-20-12-14-27-15-13-20/h2-15,28H,16-18H2,1H3,(H,29,30). The first kappa shape index (κ1) is 20.6. The van der Waals surface area contributed by atoms with Crippen molar-refractivity contribution in [2.45, 2.75) is 20.0 Å². The molecule has 0 fully saturated rings. The van der Waals surface area contributed by atoms with Gasteiger partial charge in [0, 0.05) is 36.7 Å². The normalized spacial score (nSPS) is 10.7. The summed E-state index contributed by atoms with van der Waals surface area (Å²) in [5.74, 6) is 0.521. The molecule has 5 heteroatoms. The van der Waals surface area contributed by atoms with Crippen molar-refractivity contribution >= 4 is 22.4 Å². The molecule has 0 saturated carbocycles. The predicted octanol–water partition coefficient (Wildman–Crippen LogP) is 4.85. The number of hydrogen-bond donors (Lipinski definition) is 2. The fraction of sp³-hybridized carbons (Fsp3) is 0.154. The molecule has 0 unspecified atom stereocenters. The third-order valence-electron chi connectivity index (χ3n) is 5.07. The molecule has 2 N–H and O–H groups in total. The van der Waals surface area contributed by atoms with E-state index in [4.69, 9.17) is 4.74 Å². The second-order valence-electron chi connectivity index (χ2n) is 7.43. The van der Waals surface area contributed by atoms with Crippen LogP contribution in [0.1, 0.15) is 16.7 Å². The number of carbonyl (C=O) groups is 1. The van der Waals surface area contributed by atoms with Gasteiger partial charge in [0.1, 0.15) is 5.75 Å². The van der Waals surface area contributed by atoms with Gasteiger partial charge in [-0.3, -0.25) is 9.78 Å². The van der Waals surface area contributed by atoms with Crippen molar-refractivity contribution in [1.82, 2.24) is 10.3 Å². The molecular weight excluding hydrogens is 386 g/mol. The SMILES string of the molecule is Cc1ccc(NC(=O)COc2ccc3ccccc3c2CNCc2ccncc2)cc1. The number of anilines is 1. The van der Waals surface area contributed by atoms with Crippen LogP contribution in [0.4, 0.5) is 5.69 Å². The van der Waals surface area contributed by atoms with E-state index < -0.39 is 0 Å². The molecule has 4 aromatic rings. The van der Waals surface area contributed by atoms with E-state index in [9.17, 15) is 4.79 Å². The molecule has 31 heavy (non-hydrogen) atoms. The van der Waals surface area contributed by atoms with Crippen LogP contribution >= 0.6 is 0 Å². The molecule has 0 bridgehead atoms. The Hall–Kier alpha value is -3.70. The quantitative estimate of drug-likeness (QED) is 0.435. The molecule has 1 aromatic heterocycles. The van der Waals surface area contributed by atoms with Crippen LogP contribution in [0.15, 0.2) is 85.2 Å². The van der Waals surface area contributed by atoms with Gasteiger partial charge in [0.25, 0.3) is 5.91 Å². The molecule has 3 aromatic carbocycles. The predicted molar refractivity (Wildman–Crippen MR) is 124 cm³/mol. The molecular formula is C26H25N3O2. The lowest BCUT2D eigenvalue weighted by Crippen LogP contribution is -2.21. The topological polar surface area (TPSA) is 63.2 Å². The number of aromatic nitrogens is 1. The first-order valence-electron chi connectivity index (χ1n) is 10.3. The van der Waals surface area contributed by atoms with Crippen LogP contribution in [0.3, 0.4) is 0 Å². The molecule has 0 aliphatic heterocycles. The maximum Gasteiger partial charge on any atom is 0.262 e. The highest BCUT2D eigenvalue weighted by Crippen LogP contribution is 2.28. The van der Waals surface area contributed by atoms with Crippen LogP contribution < -0.4 is 15.4 Å². The Kier molecular flexibility index (Phi) is 6.55. The summed E-state index contributed by atoms with van der Waals surface area (Å²) in [4.78, 5) is 16.4. The number of fused-ring (bicyclic) bond motifs is 1. The molecule has 0 aliphatic carbocycles. The highest BCUT2D eigenvalue weighted by molar-refractivity contribution is 5.92. The Morgan fingerprint density at radius 1 is 0.903 bits per heavy atom. The van der Waals surface area contributed by atoms with E-state index >= 15 is 0 Å². The largest absolute Gasteiger partial charge is 0.483 e. The van der Waals surface area contributed by atoms with Crippen LogP contribution in [-0.2, 0) is 17.9 Å². The van der Waals surface area contributed by atoms with Gasteiger partial charge < -0.3 is 15.4 Å². The fourth-order valence-corrected chi connectivity index (χ4v) is 3.44. The van der Waals surface area contributed by atoms with E-state index in [1.165, 1.54) is 0 Å². The molecule has 0 aliphatic rings.